The van der Waals surface area contributed by atoms with Gasteiger partial charge in [0, 0.05) is 18.9 Å². The number of imidazole rings is 1. The molecule has 2 heterocycles. The van der Waals surface area contributed by atoms with Crippen molar-refractivity contribution in [1.82, 2.24) is 14.5 Å². The van der Waals surface area contributed by atoms with Gasteiger partial charge in [0.2, 0.25) is 0 Å². The number of fused-ring (bicyclic) bond motifs is 1. The topological polar surface area (TPSA) is 71.8 Å². The van der Waals surface area contributed by atoms with E-state index >= 15 is 0 Å². The largest absolute Gasteiger partial charge is 0.331 e. The van der Waals surface area contributed by atoms with Gasteiger partial charge in [-0.25, -0.2) is 14.8 Å². The van der Waals surface area contributed by atoms with Crippen molar-refractivity contribution in [2.45, 2.75) is 6.92 Å². The lowest BCUT2D eigenvalue weighted by atomic mass is 10.3. The number of rotatable bonds is 2. The van der Waals surface area contributed by atoms with Gasteiger partial charge < -0.3 is 15.2 Å². The summed E-state index contributed by atoms with van der Waals surface area (Å²) in [6.07, 6.45) is 1.56. The van der Waals surface area contributed by atoms with Gasteiger partial charge in [-0.15, -0.1) is 0 Å². The minimum absolute atomic E-state index is 0.244. The Morgan fingerprint density at radius 2 is 2.09 bits per heavy atom. The fourth-order valence-corrected chi connectivity index (χ4v) is 2.33. The molecule has 6 nitrogen and oxygen atoms in total. The number of hydrogen-bond acceptors (Lipinski definition) is 3. The lowest BCUT2D eigenvalue weighted by Crippen LogP contribution is -2.19. The quantitative estimate of drug-likeness (QED) is 0.710. The van der Waals surface area contributed by atoms with E-state index in [1.54, 1.807) is 18.3 Å². The van der Waals surface area contributed by atoms with Crippen LogP contribution in [0.1, 0.15) is 5.82 Å². The average Bonchev–Trinajstić information content (AvgIpc) is 2.76. The van der Waals surface area contributed by atoms with Crippen LogP contribution in [0, 0.1) is 6.92 Å². The number of aryl methyl sites for hydroxylation is 2. The highest BCUT2D eigenvalue weighted by Gasteiger charge is 2.08. The normalized spacial score (nSPS) is 10.7. The molecule has 3 aromatic rings. The molecule has 1 aromatic carbocycles. The second kappa shape index (κ2) is 5.65. The van der Waals surface area contributed by atoms with Gasteiger partial charge in [0.05, 0.1) is 16.7 Å². The van der Waals surface area contributed by atoms with Crippen molar-refractivity contribution in [1.29, 1.82) is 0 Å². The van der Waals surface area contributed by atoms with E-state index < -0.39 is 0 Å². The number of carbonyl (C=O) groups excluding carboxylic acids is 1. The minimum Gasteiger partial charge on any atom is -0.331 e. The van der Waals surface area contributed by atoms with Crippen LogP contribution in [0.4, 0.5) is 16.2 Å². The Morgan fingerprint density at radius 1 is 1.27 bits per heavy atom. The maximum absolute atomic E-state index is 12.0. The van der Waals surface area contributed by atoms with E-state index in [-0.39, 0.29) is 11.2 Å². The van der Waals surface area contributed by atoms with Crippen molar-refractivity contribution in [2.24, 2.45) is 7.05 Å². The summed E-state index contributed by atoms with van der Waals surface area (Å²) in [5, 5.41) is 5.65. The zero-order valence-electron chi connectivity index (χ0n) is 12.1. The summed E-state index contributed by atoms with van der Waals surface area (Å²) in [6, 6.07) is 8.56. The van der Waals surface area contributed by atoms with Crippen molar-refractivity contribution in [3.63, 3.8) is 0 Å². The number of urea groups is 1. The van der Waals surface area contributed by atoms with E-state index in [0.717, 1.165) is 16.9 Å². The van der Waals surface area contributed by atoms with Gasteiger partial charge in [0.1, 0.15) is 5.82 Å². The molecular formula is C15H14ClN5O. The van der Waals surface area contributed by atoms with Crippen LogP contribution in [0.25, 0.3) is 11.0 Å². The molecule has 0 saturated heterocycles. The van der Waals surface area contributed by atoms with Crippen LogP contribution in [0.2, 0.25) is 5.15 Å². The molecule has 0 saturated carbocycles. The van der Waals surface area contributed by atoms with Gasteiger partial charge in [-0.1, -0.05) is 11.6 Å². The lowest BCUT2D eigenvalue weighted by molar-refractivity contribution is 0.262. The molecule has 2 amide bonds. The standard InChI is InChI=1S/C15H14ClN5O/c1-9-18-12-8-10(5-6-13(12)21(9)2)19-15(22)20-11-4-3-7-17-14(11)16/h3-8H,1-2H3,(H2,19,20,22). The van der Waals surface area contributed by atoms with Gasteiger partial charge in [-0.3, -0.25) is 0 Å². The molecule has 3 rings (SSSR count). The van der Waals surface area contributed by atoms with E-state index in [0.29, 0.717) is 11.4 Å². The first-order chi connectivity index (χ1) is 10.5. The van der Waals surface area contributed by atoms with Crippen LogP contribution >= 0.6 is 11.6 Å². The Kier molecular flexibility index (Phi) is 3.68. The summed E-state index contributed by atoms with van der Waals surface area (Å²) >= 11 is 5.90. The highest BCUT2D eigenvalue weighted by Crippen LogP contribution is 2.21. The molecule has 7 heteroatoms. The minimum atomic E-state index is -0.387. The number of nitrogens with one attached hydrogen (secondary N) is 2. The second-order valence-corrected chi connectivity index (χ2v) is 5.20. The fourth-order valence-electron chi connectivity index (χ4n) is 2.16. The molecule has 0 unspecified atom stereocenters. The number of carbonyl (C=O) groups is 1. The number of anilines is 2. The number of halogens is 1. The Morgan fingerprint density at radius 3 is 2.86 bits per heavy atom. The van der Waals surface area contributed by atoms with Gasteiger partial charge >= 0.3 is 6.03 Å². The summed E-state index contributed by atoms with van der Waals surface area (Å²) in [7, 11) is 1.95. The first kappa shape index (κ1) is 14.3. The lowest BCUT2D eigenvalue weighted by Gasteiger charge is -2.08. The van der Waals surface area contributed by atoms with Crippen molar-refractivity contribution < 1.29 is 4.79 Å². The maximum atomic E-state index is 12.0. The van der Waals surface area contributed by atoms with Crippen LogP contribution in [0.15, 0.2) is 36.5 Å². The third kappa shape index (κ3) is 2.73. The molecule has 0 aliphatic heterocycles. The van der Waals surface area contributed by atoms with E-state index in [9.17, 15) is 4.79 Å². The molecular weight excluding hydrogens is 302 g/mol. The number of benzene rings is 1. The van der Waals surface area contributed by atoms with E-state index in [2.05, 4.69) is 20.6 Å². The van der Waals surface area contributed by atoms with Crippen LogP contribution in [0.3, 0.4) is 0 Å². The van der Waals surface area contributed by atoms with Crippen LogP contribution in [-0.4, -0.2) is 20.6 Å². The second-order valence-electron chi connectivity index (χ2n) is 4.84. The third-order valence-electron chi connectivity index (χ3n) is 3.37. The van der Waals surface area contributed by atoms with Crippen molar-refractivity contribution in [2.75, 3.05) is 10.6 Å². The molecule has 0 atom stereocenters. The first-order valence-corrected chi connectivity index (χ1v) is 7.04. The average molecular weight is 316 g/mol. The molecule has 0 fully saturated rings. The van der Waals surface area contributed by atoms with E-state index in [4.69, 9.17) is 11.6 Å². The Labute approximate surface area is 132 Å². The van der Waals surface area contributed by atoms with E-state index in [1.165, 1.54) is 0 Å². The summed E-state index contributed by atoms with van der Waals surface area (Å²) in [4.78, 5) is 20.3. The fraction of sp³-hybridized carbons (Fsp3) is 0.133. The smallest absolute Gasteiger partial charge is 0.323 e. The number of aromatic nitrogens is 3. The predicted octanol–water partition coefficient (Wildman–Crippen LogP) is 3.57. The van der Waals surface area contributed by atoms with Gasteiger partial charge in [0.15, 0.2) is 5.15 Å². The summed E-state index contributed by atoms with van der Waals surface area (Å²) < 4.78 is 1.99. The molecule has 112 valence electrons. The van der Waals surface area contributed by atoms with Crippen molar-refractivity contribution in [3.05, 3.63) is 47.5 Å². The zero-order valence-corrected chi connectivity index (χ0v) is 12.8. The SMILES string of the molecule is Cc1nc2cc(NC(=O)Nc3cccnc3Cl)ccc2n1C. The first-order valence-electron chi connectivity index (χ1n) is 6.66. The number of pyridine rings is 1. The summed E-state index contributed by atoms with van der Waals surface area (Å²) in [5.41, 5.74) is 2.95. The molecule has 0 radical (unpaired) electrons. The number of nitrogens with zero attached hydrogens (tertiary/aromatic N) is 3. The Balaban J connectivity index is 1.78. The number of amides is 2. The molecule has 0 aliphatic rings. The third-order valence-corrected chi connectivity index (χ3v) is 3.67. The maximum Gasteiger partial charge on any atom is 0.323 e. The van der Waals surface area contributed by atoms with Crippen molar-refractivity contribution >= 4 is 40.0 Å². The Bertz CT molecular complexity index is 858. The van der Waals surface area contributed by atoms with Crippen LogP contribution in [0.5, 0.6) is 0 Å². The van der Waals surface area contributed by atoms with Crippen LogP contribution < -0.4 is 10.6 Å². The van der Waals surface area contributed by atoms with Gasteiger partial charge in [-0.05, 0) is 37.3 Å². The molecule has 2 N–H and O–H groups in total. The van der Waals surface area contributed by atoms with Gasteiger partial charge in [0.25, 0.3) is 0 Å². The molecule has 0 spiro atoms. The zero-order chi connectivity index (χ0) is 15.7. The molecule has 22 heavy (non-hydrogen) atoms. The number of hydrogen-bond donors (Lipinski definition) is 2. The Hall–Kier alpha value is -2.60. The molecule has 0 aliphatic carbocycles. The molecule has 0 bridgehead atoms. The predicted molar refractivity (Wildman–Crippen MR) is 87.3 cm³/mol. The van der Waals surface area contributed by atoms with E-state index in [1.807, 2.05) is 36.7 Å². The summed E-state index contributed by atoms with van der Waals surface area (Å²) in [6.45, 7) is 1.93. The monoisotopic (exact) mass is 315 g/mol. The molecule has 2 aromatic heterocycles. The highest BCUT2D eigenvalue weighted by atomic mass is 35.5. The van der Waals surface area contributed by atoms with Crippen LogP contribution in [-0.2, 0) is 7.05 Å². The van der Waals surface area contributed by atoms with Crippen molar-refractivity contribution in [3.8, 4) is 0 Å². The highest BCUT2D eigenvalue weighted by molar-refractivity contribution is 6.32. The summed E-state index contributed by atoms with van der Waals surface area (Å²) in [5.74, 6) is 0.916. The van der Waals surface area contributed by atoms with Gasteiger partial charge in [-0.2, -0.15) is 0 Å².